The normalized spacial score (nSPS) is 18.8. The molecule has 0 aromatic carbocycles. The fourth-order valence-electron chi connectivity index (χ4n) is 2.94. The zero-order valence-electron chi connectivity index (χ0n) is 12.5. The van der Waals surface area contributed by atoms with E-state index in [0.717, 1.165) is 48.6 Å². The third-order valence-corrected chi connectivity index (χ3v) is 5.21. The minimum absolute atomic E-state index is 0.621. The third-order valence-electron chi connectivity index (χ3n) is 4.42. The predicted molar refractivity (Wildman–Crippen MR) is 87.1 cm³/mol. The van der Waals surface area contributed by atoms with Gasteiger partial charge in [-0.1, -0.05) is 0 Å². The summed E-state index contributed by atoms with van der Waals surface area (Å²) in [5.41, 5.74) is 0.813. The summed E-state index contributed by atoms with van der Waals surface area (Å²) < 4.78 is 6.41. The van der Waals surface area contributed by atoms with Crippen LogP contribution >= 0.6 is 11.5 Å². The fourth-order valence-corrected chi connectivity index (χ4v) is 3.74. The number of hydrogen-bond acceptors (Lipinski definition) is 8. The zero-order chi connectivity index (χ0) is 15.2. The van der Waals surface area contributed by atoms with Crippen LogP contribution < -0.4 is 9.80 Å². The van der Waals surface area contributed by atoms with E-state index < -0.39 is 0 Å². The van der Waals surface area contributed by atoms with Gasteiger partial charge in [-0.2, -0.15) is 4.37 Å². The van der Waals surface area contributed by atoms with E-state index in [2.05, 4.69) is 29.4 Å². The van der Waals surface area contributed by atoms with Gasteiger partial charge in [0.05, 0.1) is 0 Å². The molecule has 1 aliphatic carbocycles. The second kappa shape index (κ2) is 5.12. The Kier molecular flexibility index (Phi) is 2.93. The van der Waals surface area contributed by atoms with Gasteiger partial charge >= 0.3 is 0 Å². The molecule has 1 saturated carbocycles. The SMILES string of the molecule is c1cn2cnnc2c(N2CCN(c3nc(C4CC4)ns3)CC2)n1. The molecule has 0 atom stereocenters. The van der Waals surface area contributed by atoms with E-state index in [1.54, 1.807) is 12.5 Å². The number of hydrogen-bond donors (Lipinski definition) is 0. The Morgan fingerprint density at radius 1 is 1.09 bits per heavy atom. The molecular formula is C14H16N8S. The van der Waals surface area contributed by atoms with Crippen molar-refractivity contribution in [1.29, 1.82) is 0 Å². The molecule has 3 aromatic heterocycles. The van der Waals surface area contributed by atoms with Crippen molar-refractivity contribution in [2.75, 3.05) is 36.0 Å². The Hall–Kier alpha value is -2.29. The molecule has 1 aliphatic heterocycles. The second-order valence-electron chi connectivity index (χ2n) is 6.00. The van der Waals surface area contributed by atoms with E-state index >= 15 is 0 Å². The maximum absolute atomic E-state index is 4.71. The van der Waals surface area contributed by atoms with Gasteiger partial charge in [0.1, 0.15) is 12.2 Å². The summed E-state index contributed by atoms with van der Waals surface area (Å²) >= 11 is 1.53. The largest absolute Gasteiger partial charge is 0.350 e. The van der Waals surface area contributed by atoms with Crippen molar-refractivity contribution in [2.45, 2.75) is 18.8 Å². The predicted octanol–water partition coefficient (Wildman–Crippen LogP) is 1.18. The van der Waals surface area contributed by atoms with Gasteiger partial charge in [0.25, 0.3) is 0 Å². The lowest BCUT2D eigenvalue weighted by Crippen LogP contribution is -2.47. The van der Waals surface area contributed by atoms with E-state index in [4.69, 9.17) is 4.98 Å². The molecule has 2 fully saturated rings. The van der Waals surface area contributed by atoms with Crippen LogP contribution in [0, 0.1) is 0 Å². The van der Waals surface area contributed by atoms with E-state index in [9.17, 15) is 0 Å². The van der Waals surface area contributed by atoms with E-state index in [-0.39, 0.29) is 0 Å². The highest BCUT2D eigenvalue weighted by atomic mass is 32.1. The molecule has 5 rings (SSSR count). The molecule has 0 radical (unpaired) electrons. The van der Waals surface area contributed by atoms with Crippen LogP contribution in [0.3, 0.4) is 0 Å². The Morgan fingerprint density at radius 2 is 1.91 bits per heavy atom. The molecule has 0 spiro atoms. The first kappa shape index (κ1) is 13.2. The van der Waals surface area contributed by atoms with Crippen molar-refractivity contribution in [1.82, 2.24) is 28.9 Å². The second-order valence-corrected chi connectivity index (χ2v) is 6.73. The molecular weight excluding hydrogens is 312 g/mol. The molecule has 0 unspecified atom stereocenters. The number of aromatic nitrogens is 6. The Morgan fingerprint density at radius 3 is 2.74 bits per heavy atom. The molecule has 0 bridgehead atoms. The number of fused-ring (bicyclic) bond motifs is 1. The third kappa shape index (κ3) is 2.31. The molecule has 0 amide bonds. The van der Waals surface area contributed by atoms with E-state index in [1.165, 1.54) is 24.4 Å². The van der Waals surface area contributed by atoms with Crippen LogP contribution in [0.25, 0.3) is 5.65 Å². The van der Waals surface area contributed by atoms with Crippen molar-refractivity contribution in [3.05, 3.63) is 24.5 Å². The van der Waals surface area contributed by atoms with E-state index in [0.29, 0.717) is 5.92 Å². The van der Waals surface area contributed by atoms with Gasteiger partial charge in [0, 0.05) is 56.0 Å². The van der Waals surface area contributed by atoms with Crippen molar-refractivity contribution in [2.24, 2.45) is 0 Å². The first-order valence-electron chi connectivity index (χ1n) is 7.86. The summed E-state index contributed by atoms with van der Waals surface area (Å²) in [5, 5.41) is 9.20. The average molecular weight is 328 g/mol. The number of rotatable bonds is 3. The highest BCUT2D eigenvalue weighted by Gasteiger charge is 2.29. The summed E-state index contributed by atoms with van der Waals surface area (Å²) in [6.07, 6.45) is 7.87. The fraction of sp³-hybridized carbons (Fsp3) is 0.500. The van der Waals surface area contributed by atoms with Gasteiger partial charge in [-0.3, -0.25) is 4.40 Å². The van der Waals surface area contributed by atoms with Crippen LogP contribution in [0.2, 0.25) is 0 Å². The highest BCUT2D eigenvalue weighted by molar-refractivity contribution is 7.09. The van der Waals surface area contributed by atoms with Crippen LogP contribution in [-0.2, 0) is 0 Å². The first-order valence-corrected chi connectivity index (χ1v) is 8.64. The molecule has 3 aromatic rings. The quantitative estimate of drug-likeness (QED) is 0.714. The molecule has 9 heteroatoms. The maximum atomic E-state index is 4.71. The van der Waals surface area contributed by atoms with Crippen LogP contribution in [0.1, 0.15) is 24.6 Å². The lowest BCUT2D eigenvalue weighted by Gasteiger charge is -2.34. The summed E-state index contributed by atoms with van der Waals surface area (Å²) in [6, 6.07) is 0. The minimum atomic E-state index is 0.621. The van der Waals surface area contributed by atoms with Crippen molar-refractivity contribution < 1.29 is 0 Å². The molecule has 118 valence electrons. The first-order chi connectivity index (χ1) is 11.4. The molecule has 8 nitrogen and oxygen atoms in total. The van der Waals surface area contributed by atoms with Gasteiger partial charge in [-0.15, -0.1) is 10.2 Å². The Balaban J connectivity index is 1.32. The standard InChI is InChI=1S/C14H16N8S/c1-2-10(1)11-17-14(23-19-11)21-7-5-20(6-8-21)12-13-18-16-9-22(13)4-3-15-12/h3-4,9-10H,1-2,5-8H2. The highest BCUT2D eigenvalue weighted by Crippen LogP contribution is 2.39. The smallest absolute Gasteiger partial charge is 0.205 e. The summed E-state index contributed by atoms with van der Waals surface area (Å²) in [5.74, 6) is 2.57. The number of piperazine rings is 1. The molecule has 0 N–H and O–H groups in total. The molecule has 2 aliphatic rings. The average Bonchev–Trinajstić information content (AvgIpc) is 3.13. The van der Waals surface area contributed by atoms with Gasteiger partial charge in [0.2, 0.25) is 10.8 Å². The lowest BCUT2D eigenvalue weighted by molar-refractivity contribution is 0.645. The number of nitrogens with zero attached hydrogens (tertiary/aromatic N) is 8. The molecule has 23 heavy (non-hydrogen) atoms. The van der Waals surface area contributed by atoms with Crippen LogP contribution in [-0.4, -0.2) is 55.1 Å². The molecule has 4 heterocycles. The van der Waals surface area contributed by atoms with E-state index in [1.807, 2.05) is 10.6 Å². The van der Waals surface area contributed by atoms with Crippen LogP contribution in [0.15, 0.2) is 18.7 Å². The van der Waals surface area contributed by atoms with Crippen molar-refractivity contribution in [3.63, 3.8) is 0 Å². The lowest BCUT2D eigenvalue weighted by atomic mass is 10.3. The Bertz CT molecular complexity index is 830. The van der Waals surface area contributed by atoms with Crippen LogP contribution in [0.5, 0.6) is 0 Å². The van der Waals surface area contributed by atoms with Gasteiger partial charge in [-0.25, -0.2) is 9.97 Å². The van der Waals surface area contributed by atoms with Gasteiger partial charge in [-0.05, 0) is 12.8 Å². The number of anilines is 2. The van der Waals surface area contributed by atoms with Gasteiger partial charge in [0.15, 0.2) is 5.82 Å². The van der Waals surface area contributed by atoms with Crippen molar-refractivity contribution in [3.8, 4) is 0 Å². The van der Waals surface area contributed by atoms with Gasteiger partial charge < -0.3 is 9.80 Å². The minimum Gasteiger partial charge on any atom is -0.350 e. The maximum Gasteiger partial charge on any atom is 0.205 e. The summed E-state index contributed by atoms with van der Waals surface area (Å²) in [6.45, 7) is 3.65. The molecule has 1 saturated heterocycles. The van der Waals surface area contributed by atoms with Crippen molar-refractivity contribution >= 4 is 28.1 Å². The Labute approximate surface area is 137 Å². The summed E-state index contributed by atoms with van der Waals surface area (Å²) in [4.78, 5) is 13.8. The monoisotopic (exact) mass is 328 g/mol. The topological polar surface area (TPSA) is 75.3 Å². The zero-order valence-corrected chi connectivity index (χ0v) is 13.4. The summed E-state index contributed by atoms with van der Waals surface area (Å²) in [7, 11) is 0. The van der Waals surface area contributed by atoms with Crippen LogP contribution in [0.4, 0.5) is 10.9 Å².